The van der Waals surface area contributed by atoms with Crippen molar-refractivity contribution in [2.45, 2.75) is 45.5 Å². The van der Waals surface area contributed by atoms with Gasteiger partial charge in [-0.1, -0.05) is 0 Å². The molecule has 1 N–H and O–H groups in total. The Labute approximate surface area is 72.0 Å². The van der Waals surface area contributed by atoms with Crippen LogP contribution in [0.5, 0.6) is 0 Å². The van der Waals surface area contributed by atoms with Crippen LogP contribution in [0.15, 0.2) is 11.4 Å². The molecule has 70 valence electrons. The first-order valence-corrected chi connectivity index (χ1v) is 4.13. The van der Waals surface area contributed by atoms with Gasteiger partial charge in [0.05, 0.1) is 6.10 Å². The van der Waals surface area contributed by atoms with Crippen LogP contribution in [0.3, 0.4) is 0 Å². The summed E-state index contributed by atoms with van der Waals surface area (Å²) in [5, 5.41) is 9.29. The average Bonchev–Trinajstić information content (AvgIpc) is 2.07. The van der Waals surface area contributed by atoms with Gasteiger partial charge in [0.1, 0.15) is 5.83 Å². The molecule has 12 heavy (non-hydrogen) atoms. The molecule has 0 aromatic rings. The SMILES string of the molecule is CC1=C(F)CC(OC(C)(C)O)C1. The van der Waals surface area contributed by atoms with Crippen LogP contribution in [0.2, 0.25) is 0 Å². The molecular formula is C9H15FO2. The Bertz CT molecular complexity index is 189. The standard InChI is InChI=1S/C9H15FO2/c1-6-4-7(5-8(6)10)12-9(2,3)11/h7,11H,4-5H2,1-3H3. The fourth-order valence-electron chi connectivity index (χ4n) is 1.39. The Balaban J connectivity index is 2.43. The van der Waals surface area contributed by atoms with E-state index in [9.17, 15) is 9.50 Å². The zero-order chi connectivity index (χ0) is 9.35. The van der Waals surface area contributed by atoms with E-state index in [1.54, 1.807) is 20.8 Å². The van der Waals surface area contributed by atoms with Crippen molar-refractivity contribution < 1.29 is 14.2 Å². The Hall–Kier alpha value is -0.410. The van der Waals surface area contributed by atoms with E-state index in [2.05, 4.69) is 0 Å². The molecule has 0 bridgehead atoms. The molecule has 1 atom stereocenters. The van der Waals surface area contributed by atoms with Crippen LogP contribution in [-0.2, 0) is 4.74 Å². The maximum absolute atomic E-state index is 12.9. The first kappa shape index (κ1) is 9.68. The van der Waals surface area contributed by atoms with Gasteiger partial charge in [0.25, 0.3) is 0 Å². The van der Waals surface area contributed by atoms with E-state index >= 15 is 0 Å². The second-order valence-electron chi connectivity index (χ2n) is 3.78. The smallest absolute Gasteiger partial charge is 0.160 e. The van der Waals surface area contributed by atoms with Gasteiger partial charge in [0.15, 0.2) is 5.79 Å². The topological polar surface area (TPSA) is 29.5 Å². The summed E-state index contributed by atoms with van der Waals surface area (Å²) < 4.78 is 18.1. The molecule has 0 aromatic heterocycles. The van der Waals surface area contributed by atoms with E-state index in [0.717, 1.165) is 5.57 Å². The minimum absolute atomic E-state index is 0.0933. The van der Waals surface area contributed by atoms with Crippen LogP contribution in [-0.4, -0.2) is 17.0 Å². The Morgan fingerprint density at radius 3 is 2.42 bits per heavy atom. The second-order valence-corrected chi connectivity index (χ2v) is 3.78. The molecule has 3 heteroatoms. The minimum Gasteiger partial charge on any atom is -0.366 e. The second kappa shape index (κ2) is 3.15. The molecule has 0 aliphatic heterocycles. The molecule has 1 rings (SSSR count). The summed E-state index contributed by atoms with van der Waals surface area (Å²) in [5.41, 5.74) is 0.740. The van der Waals surface area contributed by atoms with Crippen molar-refractivity contribution in [3.63, 3.8) is 0 Å². The number of hydrogen-bond donors (Lipinski definition) is 1. The molecule has 0 saturated heterocycles. The van der Waals surface area contributed by atoms with E-state index in [1.807, 2.05) is 0 Å². The Morgan fingerprint density at radius 1 is 1.50 bits per heavy atom. The van der Waals surface area contributed by atoms with Gasteiger partial charge in [-0.15, -0.1) is 0 Å². The van der Waals surface area contributed by atoms with Crippen molar-refractivity contribution in [1.29, 1.82) is 0 Å². The summed E-state index contributed by atoms with van der Waals surface area (Å²) in [7, 11) is 0. The quantitative estimate of drug-likeness (QED) is 0.650. The van der Waals surface area contributed by atoms with Crippen molar-refractivity contribution >= 4 is 0 Å². The summed E-state index contributed by atoms with van der Waals surface area (Å²) >= 11 is 0. The van der Waals surface area contributed by atoms with Gasteiger partial charge >= 0.3 is 0 Å². The third-order valence-corrected chi connectivity index (χ3v) is 1.86. The maximum atomic E-state index is 12.9. The first-order valence-electron chi connectivity index (χ1n) is 4.13. The van der Waals surface area contributed by atoms with Crippen LogP contribution in [0.25, 0.3) is 0 Å². The predicted molar refractivity (Wildman–Crippen MR) is 44.2 cm³/mol. The van der Waals surface area contributed by atoms with Gasteiger partial charge in [-0.25, -0.2) is 4.39 Å². The third kappa shape index (κ3) is 2.57. The van der Waals surface area contributed by atoms with Gasteiger partial charge < -0.3 is 9.84 Å². The highest BCUT2D eigenvalue weighted by Gasteiger charge is 2.27. The monoisotopic (exact) mass is 174 g/mol. The highest BCUT2D eigenvalue weighted by Crippen LogP contribution is 2.30. The van der Waals surface area contributed by atoms with Crippen LogP contribution in [0.4, 0.5) is 4.39 Å². The van der Waals surface area contributed by atoms with Gasteiger partial charge in [0, 0.05) is 6.42 Å². The Morgan fingerprint density at radius 2 is 2.08 bits per heavy atom. The van der Waals surface area contributed by atoms with E-state index < -0.39 is 5.79 Å². The number of rotatable bonds is 2. The van der Waals surface area contributed by atoms with E-state index in [0.29, 0.717) is 12.8 Å². The minimum atomic E-state index is -1.16. The molecule has 0 fully saturated rings. The molecule has 0 heterocycles. The van der Waals surface area contributed by atoms with E-state index in [1.165, 1.54) is 0 Å². The predicted octanol–water partition coefficient (Wildman–Crippen LogP) is 2.14. The Kier molecular flexibility index (Phi) is 2.54. The van der Waals surface area contributed by atoms with Crippen LogP contribution in [0, 0.1) is 0 Å². The summed E-state index contributed by atoms with van der Waals surface area (Å²) in [6.07, 6.45) is 0.705. The lowest BCUT2D eigenvalue weighted by Gasteiger charge is -2.23. The van der Waals surface area contributed by atoms with Crippen molar-refractivity contribution in [2.75, 3.05) is 0 Å². The molecule has 0 aromatic carbocycles. The highest BCUT2D eigenvalue weighted by atomic mass is 19.1. The molecule has 0 saturated carbocycles. The average molecular weight is 174 g/mol. The maximum Gasteiger partial charge on any atom is 0.160 e. The summed E-state index contributed by atoms with van der Waals surface area (Å²) in [5.74, 6) is -1.25. The molecule has 2 nitrogen and oxygen atoms in total. The number of hydrogen-bond acceptors (Lipinski definition) is 2. The number of aliphatic hydroxyl groups is 1. The van der Waals surface area contributed by atoms with Crippen LogP contribution >= 0.6 is 0 Å². The van der Waals surface area contributed by atoms with Gasteiger partial charge in [0.2, 0.25) is 0 Å². The van der Waals surface area contributed by atoms with Crippen molar-refractivity contribution in [3.8, 4) is 0 Å². The molecule has 0 spiro atoms. The zero-order valence-corrected chi connectivity index (χ0v) is 7.72. The lowest BCUT2D eigenvalue weighted by atomic mass is 10.2. The van der Waals surface area contributed by atoms with E-state index in [-0.39, 0.29) is 11.9 Å². The van der Waals surface area contributed by atoms with Crippen LogP contribution in [0.1, 0.15) is 33.6 Å². The van der Waals surface area contributed by atoms with Gasteiger partial charge in [-0.05, 0) is 32.8 Å². The zero-order valence-electron chi connectivity index (χ0n) is 7.72. The summed E-state index contributed by atoms with van der Waals surface area (Å²) in [4.78, 5) is 0. The third-order valence-electron chi connectivity index (χ3n) is 1.86. The lowest BCUT2D eigenvalue weighted by molar-refractivity contribution is -0.203. The fourth-order valence-corrected chi connectivity index (χ4v) is 1.39. The molecular weight excluding hydrogens is 159 g/mol. The highest BCUT2D eigenvalue weighted by molar-refractivity contribution is 5.14. The largest absolute Gasteiger partial charge is 0.366 e. The first-order chi connectivity index (χ1) is 5.38. The molecule has 1 unspecified atom stereocenters. The van der Waals surface area contributed by atoms with E-state index in [4.69, 9.17) is 4.74 Å². The summed E-state index contributed by atoms with van der Waals surface area (Å²) in [6, 6.07) is 0. The number of halogens is 1. The van der Waals surface area contributed by atoms with Crippen molar-refractivity contribution in [1.82, 2.24) is 0 Å². The molecule has 1 aliphatic carbocycles. The molecule has 0 amide bonds. The van der Waals surface area contributed by atoms with Crippen molar-refractivity contribution in [2.24, 2.45) is 0 Å². The lowest BCUT2D eigenvalue weighted by Crippen LogP contribution is -2.28. The molecule has 0 radical (unpaired) electrons. The van der Waals surface area contributed by atoms with Crippen LogP contribution < -0.4 is 0 Å². The summed E-state index contributed by atoms with van der Waals surface area (Å²) in [6.45, 7) is 4.86. The molecule has 1 aliphatic rings. The van der Waals surface area contributed by atoms with Crippen molar-refractivity contribution in [3.05, 3.63) is 11.4 Å². The fraction of sp³-hybridized carbons (Fsp3) is 0.778. The normalized spacial score (nSPS) is 25.2. The van der Waals surface area contributed by atoms with Gasteiger partial charge in [-0.2, -0.15) is 0 Å². The van der Waals surface area contributed by atoms with Gasteiger partial charge in [-0.3, -0.25) is 0 Å². The number of ether oxygens (including phenoxy) is 1.